The Bertz CT molecular complexity index is 345. The van der Waals surface area contributed by atoms with Crippen molar-refractivity contribution in [2.45, 2.75) is 20.8 Å². The summed E-state index contributed by atoms with van der Waals surface area (Å²) >= 11 is 0. The van der Waals surface area contributed by atoms with Crippen molar-refractivity contribution in [3.8, 4) is 0 Å². The Morgan fingerprint density at radius 1 is 1.31 bits per heavy atom. The molecule has 0 aliphatic rings. The molecule has 1 rings (SSSR count). The maximum Gasteiger partial charge on any atom is 0.221 e. The largest absolute Gasteiger partial charge is 0.399 e. The highest BCUT2D eigenvalue weighted by Crippen LogP contribution is 2.21. The zero-order valence-electron chi connectivity index (χ0n) is 8.14. The van der Waals surface area contributed by atoms with Gasteiger partial charge in [-0.2, -0.15) is 0 Å². The van der Waals surface area contributed by atoms with Gasteiger partial charge in [-0.1, -0.05) is 0 Å². The van der Waals surface area contributed by atoms with E-state index in [0.29, 0.717) is 0 Å². The number of nitrogens with two attached hydrogens (primary N) is 1. The topological polar surface area (TPSA) is 55.1 Å². The maximum atomic E-state index is 10.8. The third kappa shape index (κ3) is 2.21. The van der Waals surface area contributed by atoms with Crippen molar-refractivity contribution in [3.63, 3.8) is 0 Å². The summed E-state index contributed by atoms with van der Waals surface area (Å²) < 4.78 is 0. The van der Waals surface area contributed by atoms with Crippen LogP contribution in [-0.4, -0.2) is 5.91 Å². The van der Waals surface area contributed by atoms with Crippen LogP contribution in [0.2, 0.25) is 0 Å². The summed E-state index contributed by atoms with van der Waals surface area (Å²) in [6.07, 6.45) is 0. The molecule has 0 saturated carbocycles. The first-order valence-corrected chi connectivity index (χ1v) is 4.15. The number of amides is 1. The number of benzene rings is 1. The Morgan fingerprint density at radius 2 is 1.92 bits per heavy atom. The van der Waals surface area contributed by atoms with Crippen LogP contribution >= 0.6 is 0 Å². The van der Waals surface area contributed by atoms with E-state index in [0.717, 1.165) is 22.5 Å². The number of aryl methyl sites for hydroxylation is 2. The molecule has 0 radical (unpaired) electrons. The molecule has 3 N–H and O–H groups in total. The number of carbonyl (C=O) groups excluding carboxylic acids is 1. The Labute approximate surface area is 77.9 Å². The lowest BCUT2D eigenvalue weighted by Gasteiger charge is -2.09. The van der Waals surface area contributed by atoms with Crippen molar-refractivity contribution >= 4 is 17.3 Å². The second-order valence-corrected chi connectivity index (χ2v) is 3.20. The van der Waals surface area contributed by atoms with Crippen LogP contribution in [0.4, 0.5) is 11.4 Å². The summed E-state index contributed by atoms with van der Waals surface area (Å²) in [6.45, 7) is 5.33. The first kappa shape index (κ1) is 9.58. The average molecular weight is 178 g/mol. The molecule has 3 nitrogen and oxygen atoms in total. The number of nitrogen functional groups attached to an aromatic ring is 1. The first-order valence-electron chi connectivity index (χ1n) is 4.15. The minimum atomic E-state index is -0.0627. The van der Waals surface area contributed by atoms with E-state index >= 15 is 0 Å². The van der Waals surface area contributed by atoms with E-state index < -0.39 is 0 Å². The molecular formula is C10H14N2O. The molecule has 13 heavy (non-hydrogen) atoms. The van der Waals surface area contributed by atoms with E-state index in [9.17, 15) is 4.79 Å². The zero-order valence-corrected chi connectivity index (χ0v) is 8.14. The molecule has 0 bridgehead atoms. The molecular weight excluding hydrogens is 164 g/mol. The van der Waals surface area contributed by atoms with Crippen LogP contribution in [0.3, 0.4) is 0 Å². The van der Waals surface area contributed by atoms with Crippen LogP contribution in [0, 0.1) is 13.8 Å². The molecule has 0 saturated heterocycles. The molecule has 1 amide bonds. The SMILES string of the molecule is CC(=O)Nc1cc(C)c(N)cc1C. The van der Waals surface area contributed by atoms with Gasteiger partial charge < -0.3 is 11.1 Å². The molecule has 3 heteroatoms. The Hall–Kier alpha value is -1.51. The van der Waals surface area contributed by atoms with Crippen molar-refractivity contribution in [3.05, 3.63) is 23.3 Å². The molecule has 1 aromatic rings. The lowest BCUT2D eigenvalue weighted by Crippen LogP contribution is -2.07. The Morgan fingerprint density at radius 3 is 2.46 bits per heavy atom. The van der Waals surface area contributed by atoms with Crippen LogP contribution in [0.5, 0.6) is 0 Å². The van der Waals surface area contributed by atoms with E-state index in [2.05, 4.69) is 5.32 Å². The minimum Gasteiger partial charge on any atom is -0.399 e. The van der Waals surface area contributed by atoms with E-state index in [4.69, 9.17) is 5.73 Å². The third-order valence-corrected chi connectivity index (χ3v) is 1.92. The lowest BCUT2D eigenvalue weighted by atomic mass is 10.1. The normalized spacial score (nSPS) is 9.77. The minimum absolute atomic E-state index is 0.0627. The number of nitrogens with one attached hydrogen (secondary N) is 1. The fourth-order valence-corrected chi connectivity index (χ4v) is 1.16. The standard InChI is InChI=1S/C10H14N2O/c1-6-5-10(12-8(3)13)7(2)4-9(6)11/h4-5H,11H2,1-3H3,(H,12,13). The first-order chi connectivity index (χ1) is 6.00. The third-order valence-electron chi connectivity index (χ3n) is 1.92. The van der Waals surface area contributed by atoms with Crippen molar-refractivity contribution in [2.24, 2.45) is 0 Å². The lowest BCUT2D eigenvalue weighted by molar-refractivity contribution is -0.114. The van der Waals surface area contributed by atoms with Gasteiger partial charge in [0, 0.05) is 18.3 Å². The molecule has 0 spiro atoms. The summed E-state index contributed by atoms with van der Waals surface area (Å²) in [5.41, 5.74) is 9.26. The molecule has 0 aliphatic heterocycles. The maximum absolute atomic E-state index is 10.8. The van der Waals surface area contributed by atoms with Crippen molar-refractivity contribution in [2.75, 3.05) is 11.1 Å². The van der Waals surface area contributed by atoms with Crippen molar-refractivity contribution in [1.82, 2.24) is 0 Å². The van der Waals surface area contributed by atoms with Gasteiger partial charge >= 0.3 is 0 Å². The molecule has 0 atom stereocenters. The van der Waals surface area contributed by atoms with E-state index in [1.165, 1.54) is 6.92 Å². The van der Waals surface area contributed by atoms with Crippen molar-refractivity contribution < 1.29 is 4.79 Å². The number of hydrogen-bond donors (Lipinski definition) is 2. The number of hydrogen-bond acceptors (Lipinski definition) is 2. The van der Waals surface area contributed by atoms with Gasteiger partial charge in [-0.05, 0) is 37.1 Å². The van der Waals surface area contributed by atoms with E-state index in [-0.39, 0.29) is 5.91 Å². The number of rotatable bonds is 1. The van der Waals surface area contributed by atoms with Gasteiger partial charge in [0.05, 0.1) is 0 Å². The summed E-state index contributed by atoms with van der Waals surface area (Å²) in [7, 11) is 0. The highest BCUT2D eigenvalue weighted by Gasteiger charge is 2.02. The van der Waals surface area contributed by atoms with Gasteiger partial charge in [0.1, 0.15) is 0 Å². The Balaban J connectivity index is 3.08. The van der Waals surface area contributed by atoms with Gasteiger partial charge in [0.2, 0.25) is 5.91 Å². The van der Waals surface area contributed by atoms with Crippen LogP contribution < -0.4 is 11.1 Å². The summed E-state index contributed by atoms with van der Waals surface area (Å²) in [5, 5.41) is 2.75. The predicted octanol–water partition coefficient (Wildman–Crippen LogP) is 1.84. The zero-order chi connectivity index (χ0) is 10.0. The van der Waals surface area contributed by atoms with Crippen LogP contribution in [-0.2, 0) is 4.79 Å². The molecule has 0 unspecified atom stereocenters. The van der Waals surface area contributed by atoms with Crippen LogP contribution in [0.1, 0.15) is 18.1 Å². The average Bonchev–Trinajstić information content (AvgIpc) is 1.99. The van der Waals surface area contributed by atoms with Crippen LogP contribution in [0.25, 0.3) is 0 Å². The molecule has 0 aliphatic carbocycles. The van der Waals surface area contributed by atoms with Gasteiger partial charge in [-0.25, -0.2) is 0 Å². The second kappa shape index (κ2) is 3.47. The van der Waals surface area contributed by atoms with Gasteiger partial charge in [0.15, 0.2) is 0 Å². The quantitative estimate of drug-likeness (QED) is 0.645. The van der Waals surface area contributed by atoms with Gasteiger partial charge in [-0.3, -0.25) is 4.79 Å². The predicted molar refractivity (Wildman–Crippen MR) is 54.6 cm³/mol. The fourth-order valence-electron chi connectivity index (χ4n) is 1.16. The van der Waals surface area contributed by atoms with Gasteiger partial charge in [0.25, 0.3) is 0 Å². The van der Waals surface area contributed by atoms with Crippen molar-refractivity contribution in [1.29, 1.82) is 0 Å². The number of anilines is 2. The smallest absolute Gasteiger partial charge is 0.221 e. The molecule has 0 aromatic heterocycles. The van der Waals surface area contributed by atoms with E-state index in [1.807, 2.05) is 26.0 Å². The van der Waals surface area contributed by atoms with Gasteiger partial charge in [-0.15, -0.1) is 0 Å². The monoisotopic (exact) mass is 178 g/mol. The fraction of sp³-hybridized carbons (Fsp3) is 0.300. The highest BCUT2D eigenvalue weighted by atomic mass is 16.1. The molecule has 1 aromatic carbocycles. The highest BCUT2D eigenvalue weighted by molar-refractivity contribution is 5.90. The molecule has 70 valence electrons. The molecule has 0 heterocycles. The molecule has 0 fully saturated rings. The second-order valence-electron chi connectivity index (χ2n) is 3.20. The number of carbonyl (C=O) groups is 1. The Kier molecular flexibility index (Phi) is 2.56. The van der Waals surface area contributed by atoms with E-state index in [1.54, 1.807) is 0 Å². The summed E-state index contributed by atoms with van der Waals surface area (Å²) in [5.74, 6) is -0.0627. The van der Waals surface area contributed by atoms with Crippen LogP contribution in [0.15, 0.2) is 12.1 Å². The summed E-state index contributed by atoms with van der Waals surface area (Å²) in [6, 6.07) is 3.74. The summed E-state index contributed by atoms with van der Waals surface area (Å²) in [4.78, 5) is 10.8.